The second-order valence-corrected chi connectivity index (χ2v) is 7.65. The zero-order valence-corrected chi connectivity index (χ0v) is 17.7. The number of amides is 1. The van der Waals surface area contributed by atoms with Crippen molar-refractivity contribution >= 4 is 28.2 Å². The van der Waals surface area contributed by atoms with E-state index in [4.69, 9.17) is 0 Å². The van der Waals surface area contributed by atoms with Gasteiger partial charge in [-0.15, -0.1) is 0 Å². The summed E-state index contributed by atoms with van der Waals surface area (Å²) in [6, 6.07) is 11.0. The third-order valence-corrected chi connectivity index (χ3v) is 4.96. The number of hydrogen-bond acceptors (Lipinski definition) is 6. The Morgan fingerprint density at radius 2 is 1.94 bits per heavy atom. The zero-order valence-electron chi connectivity index (χ0n) is 17.7. The second-order valence-electron chi connectivity index (χ2n) is 7.65. The van der Waals surface area contributed by atoms with Crippen molar-refractivity contribution in [3.05, 3.63) is 86.7 Å². The molecule has 0 aliphatic carbocycles. The number of hydrogen-bond donors (Lipinski definition) is 1. The van der Waals surface area contributed by atoms with Gasteiger partial charge in [-0.25, -0.2) is 13.8 Å². The molecule has 0 unspecified atom stereocenters. The highest BCUT2D eigenvalue weighted by atomic mass is 19.1. The van der Waals surface area contributed by atoms with Crippen molar-refractivity contribution < 1.29 is 14.1 Å². The molecule has 0 bridgehead atoms. The Kier molecular flexibility index (Phi) is 5.69. The van der Waals surface area contributed by atoms with Gasteiger partial charge in [-0.2, -0.15) is 10.2 Å². The molecule has 4 rings (SSSR count). The first-order valence-electron chi connectivity index (χ1n) is 10.0. The Hall–Kier alpha value is -4.41. The molecular weight excluding hydrogens is 431 g/mol. The van der Waals surface area contributed by atoms with Gasteiger partial charge in [0.25, 0.3) is 11.2 Å². The molecule has 2 aromatic heterocycles. The van der Waals surface area contributed by atoms with E-state index in [0.717, 1.165) is 4.68 Å². The Morgan fingerprint density at radius 3 is 2.61 bits per heavy atom. The van der Waals surface area contributed by atoms with E-state index in [1.807, 2.05) is 13.8 Å². The monoisotopic (exact) mass is 450 g/mol. The lowest BCUT2D eigenvalue weighted by atomic mass is 10.1. The van der Waals surface area contributed by atoms with Crippen molar-refractivity contribution in [3.63, 3.8) is 0 Å². The van der Waals surface area contributed by atoms with E-state index < -0.39 is 28.8 Å². The summed E-state index contributed by atoms with van der Waals surface area (Å²) >= 11 is 0. The first-order chi connectivity index (χ1) is 15.7. The number of carbonyl (C=O) groups excluding carboxylic acids is 1. The van der Waals surface area contributed by atoms with Crippen molar-refractivity contribution in [1.29, 1.82) is 0 Å². The number of benzene rings is 2. The molecule has 11 heteroatoms. The summed E-state index contributed by atoms with van der Waals surface area (Å²) in [6.45, 7) is 3.38. The second kappa shape index (κ2) is 8.61. The average molecular weight is 450 g/mol. The van der Waals surface area contributed by atoms with Gasteiger partial charge in [0.05, 0.1) is 22.5 Å². The molecule has 33 heavy (non-hydrogen) atoms. The molecular formula is C22H19FN6O4. The molecule has 1 amide bonds. The molecule has 0 saturated heterocycles. The molecule has 1 N–H and O–H groups in total. The van der Waals surface area contributed by atoms with Gasteiger partial charge in [-0.05, 0) is 36.2 Å². The van der Waals surface area contributed by atoms with E-state index in [1.165, 1.54) is 59.4 Å². The number of nitrogens with zero attached hydrogens (tertiary/aromatic N) is 5. The molecule has 0 radical (unpaired) electrons. The number of aromatic nitrogens is 4. The minimum absolute atomic E-state index is 0.0787. The highest BCUT2D eigenvalue weighted by Crippen LogP contribution is 2.23. The van der Waals surface area contributed by atoms with E-state index in [9.17, 15) is 24.1 Å². The largest absolute Gasteiger partial charge is 0.324 e. The summed E-state index contributed by atoms with van der Waals surface area (Å²) in [6.07, 6.45) is 1.52. The maximum Gasteiger partial charge on any atom is 0.293 e. The molecule has 0 aliphatic heterocycles. The predicted molar refractivity (Wildman–Crippen MR) is 119 cm³/mol. The minimum atomic E-state index is -0.577. The normalized spacial score (nSPS) is 11.2. The molecule has 2 aromatic carbocycles. The predicted octanol–water partition coefficient (Wildman–Crippen LogP) is 3.39. The summed E-state index contributed by atoms with van der Waals surface area (Å²) in [7, 11) is 0. The van der Waals surface area contributed by atoms with Crippen LogP contribution in [0.15, 0.2) is 59.5 Å². The summed E-state index contributed by atoms with van der Waals surface area (Å²) in [5.41, 5.74) is 0.769. The Balaban J connectivity index is 1.74. The van der Waals surface area contributed by atoms with Crippen LogP contribution >= 0.6 is 0 Å². The molecule has 0 saturated carbocycles. The number of halogens is 1. The zero-order chi connectivity index (χ0) is 23.7. The van der Waals surface area contributed by atoms with Crippen LogP contribution in [-0.2, 0) is 11.3 Å². The Bertz CT molecular complexity index is 1430. The van der Waals surface area contributed by atoms with Crippen molar-refractivity contribution in [2.45, 2.75) is 26.3 Å². The fraction of sp³-hybridized carbons (Fsp3) is 0.182. The number of nitrogens with one attached hydrogen (secondary N) is 1. The number of anilines is 1. The fourth-order valence-corrected chi connectivity index (χ4v) is 3.44. The van der Waals surface area contributed by atoms with Gasteiger partial charge in [-0.1, -0.05) is 19.9 Å². The third-order valence-electron chi connectivity index (χ3n) is 4.96. The maximum absolute atomic E-state index is 13.4. The third kappa shape index (κ3) is 4.33. The fourth-order valence-electron chi connectivity index (χ4n) is 3.44. The summed E-state index contributed by atoms with van der Waals surface area (Å²) < 4.78 is 15.8. The van der Waals surface area contributed by atoms with E-state index in [2.05, 4.69) is 15.5 Å². The average Bonchev–Trinajstić information content (AvgIpc) is 3.21. The molecule has 0 aliphatic rings. The molecule has 0 fully saturated rings. The number of carbonyl (C=O) groups is 1. The summed E-state index contributed by atoms with van der Waals surface area (Å²) in [4.78, 5) is 36.3. The first kappa shape index (κ1) is 21.8. The number of non-ortho nitro benzene ring substituents is 1. The lowest BCUT2D eigenvalue weighted by Gasteiger charge is -2.12. The molecule has 2 heterocycles. The lowest BCUT2D eigenvalue weighted by Crippen LogP contribution is -2.31. The van der Waals surface area contributed by atoms with Gasteiger partial charge in [0, 0.05) is 23.2 Å². The van der Waals surface area contributed by atoms with Crippen LogP contribution in [0.2, 0.25) is 0 Å². The Morgan fingerprint density at radius 1 is 1.21 bits per heavy atom. The van der Waals surface area contributed by atoms with Crippen LogP contribution in [0, 0.1) is 15.9 Å². The number of rotatable bonds is 6. The van der Waals surface area contributed by atoms with E-state index in [0.29, 0.717) is 16.8 Å². The summed E-state index contributed by atoms with van der Waals surface area (Å²) in [5, 5.41) is 22.7. The molecule has 168 valence electrons. The number of fused-ring (bicyclic) bond motifs is 1. The van der Waals surface area contributed by atoms with Gasteiger partial charge in [0.15, 0.2) is 0 Å². The van der Waals surface area contributed by atoms with E-state index in [1.54, 1.807) is 0 Å². The lowest BCUT2D eigenvalue weighted by molar-refractivity contribution is -0.384. The quantitative estimate of drug-likeness (QED) is 0.355. The smallest absolute Gasteiger partial charge is 0.293 e. The van der Waals surface area contributed by atoms with Crippen molar-refractivity contribution in [1.82, 2.24) is 19.6 Å². The highest BCUT2D eigenvalue weighted by Gasteiger charge is 2.20. The van der Waals surface area contributed by atoms with Gasteiger partial charge < -0.3 is 5.32 Å². The van der Waals surface area contributed by atoms with E-state index in [-0.39, 0.29) is 22.8 Å². The van der Waals surface area contributed by atoms with Crippen LogP contribution in [0.25, 0.3) is 16.6 Å². The SMILES string of the molecule is CC(C)c1nn(CC(=O)Nc2cccc([N+](=O)[O-])c2)c(=O)c2c1cnn2-c1ccc(F)cc1. The van der Waals surface area contributed by atoms with Crippen LogP contribution < -0.4 is 10.9 Å². The molecule has 0 spiro atoms. The van der Waals surface area contributed by atoms with Crippen molar-refractivity contribution in [3.8, 4) is 5.69 Å². The van der Waals surface area contributed by atoms with Crippen LogP contribution in [0.3, 0.4) is 0 Å². The molecule has 0 atom stereocenters. The maximum atomic E-state index is 13.4. The standard InChI is InChI=1S/C22H19FN6O4/c1-13(2)20-18-11-24-28(16-8-6-14(23)7-9-16)21(18)22(31)27(26-20)12-19(30)25-15-4-3-5-17(10-15)29(32)33/h3-11,13H,12H2,1-2H3,(H,25,30). The van der Waals surface area contributed by atoms with Crippen molar-refractivity contribution in [2.75, 3.05) is 5.32 Å². The Labute approximate surface area is 186 Å². The number of nitro groups is 1. The molecule has 10 nitrogen and oxygen atoms in total. The van der Waals surface area contributed by atoms with Gasteiger partial charge >= 0.3 is 0 Å². The van der Waals surface area contributed by atoms with Gasteiger partial charge in [-0.3, -0.25) is 19.7 Å². The number of nitro benzene ring substituents is 1. The molecule has 4 aromatic rings. The van der Waals surface area contributed by atoms with Crippen LogP contribution in [0.5, 0.6) is 0 Å². The van der Waals surface area contributed by atoms with Gasteiger partial charge in [0.1, 0.15) is 17.9 Å². The van der Waals surface area contributed by atoms with Crippen LogP contribution in [-0.4, -0.2) is 30.4 Å². The summed E-state index contributed by atoms with van der Waals surface area (Å²) in [5.74, 6) is -1.08. The van der Waals surface area contributed by atoms with E-state index >= 15 is 0 Å². The van der Waals surface area contributed by atoms with Gasteiger partial charge in [0.2, 0.25) is 5.91 Å². The minimum Gasteiger partial charge on any atom is -0.324 e. The van der Waals surface area contributed by atoms with Crippen LogP contribution in [0.4, 0.5) is 15.8 Å². The first-order valence-corrected chi connectivity index (χ1v) is 10.0. The highest BCUT2D eigenvalue weighted by molar-refractivity contribution is 5.91. The van der Waals surface area contributed by atoms with Crippen LogP contribution in [0.1, 0.15) is 25.5 Å². The van der Waals surface area contributed by atoms with Crippen molar-refractivity contribution in [2.24, 2.45) is 0 Å². The topological polar surface area (TPSA) is 125 Å².